The molecule has 1 nitrogen and oxygen atoms in total. The third-order valence-corrected chi connectivity index (χ3v) is 3.77. The maximum atomic E-state index is 6.07. The number of thioether (sulfide) groups is 1. The maximum Gasteiger partial charge on any atom is 0.0451 e. The van der Waals surface area contributed by atoms with E-state index < -0.39 is 0 Å². The lowest BCUT2D eigenvalue weighted by atomic mass is 10.2. The molecule has 0 aliphatic heterocycles. The van der Waals surface area contributed by atoms with Crippen LogP contribution in [0.5, 0.6) is 0 Å². The molecule has 0 fully saturated rings. The van der Waals surface area contributed by atoms with Crippen molar-refractivity contribution in [3.63, 3.8) is 0 Å². The van der Waals surface area contributed by atoms with E-state index in [2.05, 4.69) is 18.5 Å². The fourth-order valence-electron chi connectivity index (χ4n) is 1.48. The number of hydrogen-bond acceptors (Lipinski definition) is 2. The summed E-state index contributed by atoms with van der Waals surface area (Å²) in [5, 5.41) is 4.91. The predicted octanol–water partition coefficient (Wildman–Crippen LogP) is 4.08. The van der Waals surface area contributed by atoms with Crippen molar-refractivity contribution in [2.75, 3.05) is 18.6 Å². The van der Waals surface area contributed by atoms with Gasteiger partial charge in [0.1, 0.15) is 0 Å². The fourth-order valence-corrected chi connectivity index (χ4v) is 2.54. The third kappa shape index (κ3) is 4.96. The van der Waals surface area contributed by atoms with E-state index >= 15 is 0 Å². The summed E-state index contributed by atoms with van der Waals surface area (Å²) in [6.45, 7) is 4.02. The molecular weight excluding hydrogens is 261 g/mol. The average Bonchev–Trinajstić information content (AvgIpc) is 2.23. The molecule has 0 aliphatic rings. The number of halogens is 2. The van der Waals surface area contributed by atoms with Gasteiger partial charge in [0.15, 0.2) is 0 Å². The molecule has 0 amide bonds. The molecule has 0 aliphatic carbocycles. The molecule has 0 heterocycles. The van der Waals surface area contributed by atoms with Crippen LogP contribution in [0.25, 0.3) is 0 Å². The molecule has 0 bridgehead atoms. The number of benzene rings is 1. The first kappa shape index (κ1) is 14.2. The van der Waals surface area contributed by atoms with Gasteiger partial charge in [0.25, 0.3) is 0 Å². The standard InChI is InChI=1S/C12H17Cl2NS/c1-9(8-16-2)6-15-7-10-5-11(13)3-4-12(10)14/h3-5,9,15H,6-8H2,1-2H3. The lowest BCUT2D eigenvalue weighted by Gasteiger charge is -2.12. The van der Waals surface area contributed by atoms with Crippen molar-refractivity contribution in [2.24, 2.45) is 5.92 Å². The average molecular weight is 278 g/mol. The van der Waals surface area contributed by atoms with Crippen LogP contribution in [0, 0.1) is 5.92 Å². The van der Waals surface area contributed by atoms with E-state index in [1.54, 1.807) is 0 Å². The van der Waals surface area contributed by atoms with Gasteiger partial charge in [-0.25, -0.2) is 0 Å². The molecule has 0 radical (unpaired) electrons. The van der Waals surface area contributed by atoms with Crippen LogP contribution in [-0.2, 0) is 6.54 Å². The largest absolute Gasteiger partial charge is 0.312 e. The molecule has 1 atom stereocenters. The Balaban J connectivity index is 2.39. The summed E-state index contributed by atoms with van der Waals surface area (Å²) < 4.78 is 0. The maximum absolute atomic E-state index is 6.07. The second-order valence-corrected chi connectivity index (χ2v) is 5.68. The molecule has 0 saturated carbocycles. The molecule has 0 spiro atoms. The highest BCUT2D eigenvalue weighted by Crippen LogP contribution is 2.20. The summed E-state index contributed by atoms with van der Waals surface area (Å²) in [5.74, 6) is 1.85. The normalized spacial score (nSPS) is 12.8. The topological polar surface area (TPSA) is 12.0 Å². The quantitative estimate of drug-likeness (QED) is 0.841. The Hall–Kier alpha value is 0.110. The van der Waals surface area contributed by atoms with Gasteiger partial charge >= 0.3 is 0 Å². The molecule has 0 saturated heterocycles. The monoisotopic (exact) mass is 277 g/mol. The van der Waals surface area contributed by atoms with Gasteiger partial charge in [0.05, 0.1) is 0 Å². The van der Waals surface area contributed by atoms with Crippen LogP contribution in [0.1, 0.15) is 12.5 Å². The highest BCUT2D eigenvalue weighted by Gasteiger charge is 2.03. The molecule has 1 aromatic carbocycles. The summed E-state index contributed by atoms with van der Waals surface area (Å²) >= 11 is 13.9. The van der Waals surface area contributed by atoms with Crippen LogP contribution in [0.15, 0.2) is 18.2 Å². The van der Waals surface area contributed by atoms with Gasteiger partial charge in [-0.2, -0.15) is 11.8 Å². The Kier molecular flexibility index (Phi) is 6.59. The minimum atomic E-state index is 0.674. The van der Waals surface area contributed by atoms with Crippen molar-refractivity contribution in [2.45, 2.75) is 13.5 Å². The van der Waals surface area contributed by atoms with Crippen molar-refractivity contribution in [1.82, 2.24) is 5.32 Å². The Morgan fingerprint density at radius 2 is 2.12 bits per heavy atom. The molecule has 1 unspecified atom stereocenters. The first-order valence-electron chi connectivity index (χ1n) is 5.27. The third-order valence-electron chi connectivity index (χ3n) is 2.27. The zero-order valence-corrected chi connectivity index (χ0v) is 11.9. The van der Waals surface area contributed by atoms with Crippen LogP contribution in [-0.4, -0.2) is 18.6 Å². The molecule has 0 aromatic heterocycles. The SMILES string of the molecule is CSCC(C)CNCc1cc(Cl)ccc1Cl. The van der Waals surface area contributed by atoms with Crippen LogP contribution in [0.4, 0.5) is 0 Å². The summed E-state index contributed by atoms with van der Waals surface area (Å²) in [7, 11) is 0. The smallest absolute Gasteiger partial charge is 0.0451 e. The van der Waals surface area contributed by atoms with Crippen LogP contribution < -0.4 is 5.32 Å². The van der Waals surface area contributed by atoms with Gasteiger partial charge < -0.3 is 5.32 Å². The van der Waals surface area contributed by atoms with E-state index in [0.717, 1.165) is 28.7 Å². The van der Waals surface area contributed by atoms with Crippen LogP contribution >= 0.6 is 35.0 Å². The lowest BCUT2D eigenvalue weighted by Crippen LogP contribution is -2.22. The van der Waals surface area contributed by atoms with Crippen molar-refractivity contribution >= 4 is 35.0 Å². The highest BCUT2D eigenvalue weighted by atomic mass is 35.5. The molecule has 16 heavy (non-hydrogen) atoms. The number of hydrogen-bond donors (Lipinski definition) is 1. The van der Waals surface area contributed by atoms with E-state index in [1.165, 1.54) is 5.75 Å². The predicted molar refractivity (Wildman–Crippen MR) is 75.7 cm³/mol. The summed E-state index contributed by atoms with van der Waals surface area (Å²) in [5.41, 5.74) is 1.06. The molecule has 1 N–H and O–H groups in total. The number of nitrogens with one attached hydrogen (secondary N) is 1. The zero-order valence-electron chi connectivity index (χ0n) is 9.59. The lowest BCUT2D eigenvalue weighted by molar-refractivity contribution is 0.559. The Morgan fingerprint density at radius 1 is 1.38 bits per heavy atom. The minimum Gasteiger partial charge on any atom is -0.312 e. The molecular formula is C12H17Cl2NS. The van der Waals surface area contributed by atoms with Crippen molar-refractivity contribution in [3.05, 3.63) is 33.8 Å². The Bertz CT molecular complexity index is 331. The molecule has 1 aromatic rings. The van der Waals surface area contributed by atoms with E-state index in [-0.39, 0.29) is 0 Å². The van der Waals surface area contributed by atoms with E-state index in [9.17, 15) is 0 Å². The summed E-state index contributed by atoms with van der Waals surface area (Å²) in [6.07, 6.45) is 2.13. The highest BCUT2D eigenvalue weighted by molar-refractivity contribution is 7.98. The minimum absolute atomic E-state index is 0.674. The zero-order chi connectivity index (χ0) is 12.0. The Labute approximate surface area is 112 Å². The first-order valence-corrected chi connectivity index (χ1v) is 7.42. The van der Waals surface area contributed by atoms with Gasteiger partial charge in [0, 0.05) is 16.6 Å². The first-order chi connectivity index (χ1) is 7.63. The summed E-state index contributed by atoms with van der Waals surface area (Å²) in [6, 6.07) is 5.56. The van der Waals surface area contributed by atoms with Crippen molar-refractivity contribution in [3.8, 4) is 0 Å². The molecule has 1 rings (SSSR count). The fraction of sp³-hybridized carbons (Fsp3) is 0.500. The van der Waals surface area contributed by atoms with E-state index in [4.69, 9.17) is 23.2 Å². The van der Waals surface area contributed by atoms with Crippen LogP contribution in [0.3, 0.4) is 0 Å². The van der Waals surface area contributed by atoms with E-state index in [0.29, 0.717) is 5.92 Å². The summed E-state index contributed by atoms with van der Waals surface area (Å²) in [4.78, 5) is 0. The second kappa shape index (κ2) is 7.44. The van der Waals surface area contributed by atoms with Gasteiger partial charge in [-0.05, 0) is 48.2 Å². The second-order valence-electron chi connectivity index (χ2n) is 3.93. The Morgan fingerprint density at radius 3 is 2.81 bits per heavy atom. The van der Waals surface area contributed by atoms with Gasteiger partial charge in [-0.1, -0.05) is 30.1 Å². The van der Waals surface area contributed by atoms with Crippen LogP contribution in [0.2, 0.25) is 10.0 Å². The van der Waals surface area contributed by atoms with Gasteiger partial charge in [-0.3, -0.25) is 0 Å². The van der Waals surface area contributed by atoms with E-state index in [1.807, 2.05) is 30.0 Å². The molecule has 90 valence electrons. The molecule has 4 heteroatoms. The van der Waals surface area contributed by atoms with Crippen molar-refractivity contribution < 1.29 is 0 Å². The number of rotatable bonds is 6. The van der Waals surface area contributed by atoms with Gasteiger partial charge in [0.2, 0.25) is 0 Å². The van der Waals surface area contributed by atoms with Crippen molar-refractivity contribution in [1.29, 1.82) is 0 Å². The van der Waals surface area contributed by atoms with Gasteiger partial charge in [-0.15, -0.1) is 0 Å².